The number of hydrogen-bond acceptors (Lipinski definition) is 3. The first-order chi connectivity index (χ1) is 7.76. The predicted molar refractivity (Wildman–Crippen MR) is 61.5 cm³/mol. The van der Waals surface area contributed by atoms with E-state index in [0.29, 0.717) is 18.1 Å². The van der Waals surface area contributed by atoms with Crippen LogP contribution in [-0.2, 0) is 11.2 Å². The molecule has 16 heavy (non-hydrogen) atoms. The molecule has 1 aromatic rings. The third kappa shape index (κ3) is 2.23. The molecule has 1 heterocycles. The van der Waals surface area contributed by atoms with Gasteiger partial charge in [-0.3, -0.25) is 4.98 Å². The van der Waals surface area contributed by atoms with Crippen molar-refractivity contribution in [3.05, 3.63) is 29.1 Å². The smallest absolute Gasteiger partial charge is 0.339 e. The highest BCUT2D eigenvalue weighted by Gasteiger charge is 2.30. The Hall–Kier alpha value is -1.38. The van der Waals surface area contributed by atoms with Crippen LogP contribution in [0.25, 0.3) is 0 Å². The lowest BCUT2D eigenvalue weighted by Crippen LogP contribution is -2.10. The molecule has 0 amide bonds. The van der Waals surface area contributed by atoms with E-state index in [1.54, 1.807) is 0 Å². The summed E-state index contributed by atoms with van der Waals surface area (Å²) in [5.41, 5.74) is 2.69. The van der Waals surface area contributed by atoms with Crippen LogP contribution >= 0.6 is 0 Å². The number of pyridine rings is 1. The van der Waals surface area contributed by atoms with Crippen LogP contribution in [0.15, 0.2) is 12.3 Å². The van der Waals surface area contributed by atoms with E-state index < -0.39 is 0 Å². The van der Waals surface area contributed by atoms with E-state index in [-0.39, 0.29) is 5.97 Å². The summed E-state index contributed by atoms with van der Waals surface area (Å²) < 4.78 is 5.07. The van der Waals surface area contributed by atoms with Gasteiger partial charge in [0.2, 0.25) is 0 Å². The summed E-state index contributed by atoms with van der Waals surface area (Å²) in [7, 11) is 0. The number of carbonyl (C=O) groups excluding carboxylic acids is 1. The third-order valence-electron chi connectivity index (χ3n) is 2.84. The van der Waals surface area contributed by atoms with Crippen molar-refractivity contribution < 1.29 is 9.53 Å². The summed E-state index contributed by atoms with van der Waals surface area (Å²) in [4.78, 5) is 16.2. The normalized spacial score (nSPS) is 14.9. The molecular formula is C13H17NO2. The van der Waals surface area contributed by atoms with Crippen molar-refractivity contribution in [2.45, 2.75) is 39.0 Å². The van der Waals surface area contributed by atoms with Crippen molar-refractivity contribution in [3.63, 3.8) is 0 Å². The fraction of sp³-hybridized carbons (Fsp3) is 0.538. The molecule has 1 fully saturated rings. The number of ether oxygens (including phenoxy) is 1. The van der Waals surface area contributed by atoms with Crippen LogP contribution in [0.5, 0.6) is 0 Å². The van der Waals surface area contributed by atoms with Crippen LogP contribution in [0.4, 0.5) is 0 Å². The van der Waals surface area contributed by atoms with Gasteiger partial charge in [-0.25, -0.2) is 4.79 Å². The van der Waals surface area contributed by atoms with Gasteiger partial charge in [-0.1, -0.05) is 6.92 Å². The van der Waals surface area contributed by atoms with Crippen molar-refractivity contribution in [3.8, 4) is 0 Å². The van der Waals surface area contributed by atoms with Crippen molar-refractivity contribution in [1.82, 2.24) is 4.98 Å². The molecular weight excluding hydrogens is 202 g/mol. The Balaban J connectivity index is 2.33. The standard InChI is InChI=1S/C13H17NO2/c1-3-9-7-11(13(15)16-4-2)12(14-8-9)10-5-6-10/h7-8,10H,3-6H2,1-2H3. The fourth-order valence-electron chi connectivity index (χ4n) is 1.77. The van der Waals surface area contributed by atoms with Crippen LogP contribution in [0.3, 0.4) is 0 Å². The maximum atomic E-state index is 11.8. The van der Waals surface area contributed by atoms with Gasteiger partial charge in [-0.2, -0.15) is 0 Å². The summed E-state index contributed by atoms with van der Waals surface area (Å²) >= 11 is 0. The summed E-state index contributed by atoms with van der Waals surface area (Å²) in [6, 6.07) is 1.93. The second-order valence-corrected chi connectivity index (χ2v) is 4.12. The minimum atomic E-state index is -0.229. The fourth-order valence-corrected chi connectivity index (χ4v) is 1.77. The van der Waals surface area contributed by atoms with Crippen molar-refractivity contribution in [2.75, 3.05) is 6.61 Å². The summed E-state index contributed by atoms with van der Waals surface area (Å²) in [6.45, 7) is 4.30. The zero-order valence-electron chi connectivity index (χ0n) is 9.82. The lowest BCUT2D eigenvalue weighted by Gasteiger charge is -2.08. The molecule has 1 aromatic heterocycles. The van der Waals surface area contributed by atoms with Gasteiger partial charge < -0.3 is 4.74 Å². The molecule has 1 aliphatic rings. The van der Waals surface area contributed by atoms with Gasteiger partial charge in [-0.05, 0) is 37.8 Å². The first kappa shape index (κ1) is 11.1. The van der Waals surface area contributed by atoms with Crippen LogP contribution in [0, 0.1) is 0 Å². The second-order valence-electron chi connectivity index (χ2n) is 4.12. The van der Waals surface area contributed by atoms with Crippen LogP contribution in [0.2, 0.25) is 0 Å². The molecule has 86 valence electrons. The highest BCUT2D eigenvalue weighted by molar-refractivity contribution is 5.91. The number of carbonyl (C=O) groups is 1. The molecule has 0 N–H and O–H groups in total. The number of aromatic nitrogens is 1. The summed E-state index contributed by atoms with van der Waals surface area (Å²) in [5, 5.41) is 0. The topological polar surface area (TPSA) is 39.2 Å². The van der Waals surface area contributed by atoms with E-state index in [2.05, 4.69) is 11.9 Å². The molecule has 3 heteroatoms. The Morgan fingerprint density at radius 2 is 2.25 bits per heavy atom. The molecule has 0 unspecified atom stereocenters. The summed E-state index contributed by atoms with van der Waals surface area (Å²) in [6.07, 6.45) is 5.05. The Kier molecular flexibility index (Phi) is 3.22. The molecule has 3 nitrogen and oxygen atoms in total. The molecule has 0 aromatic carbocycles. The maximum absolute atomic E-state index is 11.8. The Labute approximate surface area is 95.8 Å². The molecule has 0 atom stereocenters. The van der Waals surface area contributed by atoms with Gasteiger partial charge in [0.05, 0.1) is 17.9 Å². The van der Waals surface area contributed by atoms with Gasteiger partial charge in [0.1, 0.15) is 0 Å². The van der Waals surface area contributed by atoms with Gasteiger partial charge in [-0.15, -0.1) is 0 Å². The number of hydrogen-bond donors (Lipinski definition) is 0. The Morgan fingerprint density at radius 3 is 2.81 bits per heavy atom. The average Bonchev–Trinajstić information content (AvgIpc) is 3.12. The molecule has 1 saturated carbocycles. The van der Waals surface area contributed by atoms with Gasteiger partial charge in [0.15, 0.2) is 0 Å². The van der Waals surface area contributed by atoms with Gasteiger partial charge in [0, 0.05) is 12.1 Å². The molecule has 0 bridgehead atoms. The van der Waals surface area contributed by atoms with E-state index in [0.717, 1.165) is 30.5 Å². The first-order valence-electron chi connectivity index (χ1n) is 5.92. The van der Waals surface area contributed by atoms with Crippen molar-refractivity contribution in [1.29, 1.82) is 0 Å². The van der Waals surface area contributed by atoms with Crippen LogP contribution in [-0.4, -0.2) is 17.6 Å². The predicted octanol–water partition coefficient (Wildman–Crippen LogP) is 2.70. The SMILES string of the molecule is CCOC(=O)c1cc(CC)cnc1C1CC1. The van der Waals surface area contributed by atoms with Gasteiger partial charge in [0.25, 0.3) is 0 Å². The largest absolute Gasteiger partial charge is 0.462 e. The third-order valence-corrected chi connectivity index (χ3v) is 2.84. The number of aryl methyl sites for hydroxylation is 1. The summed E-state index contributed by atoms with van der Waals surface area (Å²) in [5.74, 6) is 0.248. The van der Waals surface area contributed by atoms with Crippen molar-refractivity contribution >= 4 is 5.97 Å². The van der Waals surface area contributed by atoms with E-state index >= 15 is 0 Å². The first-order valence-corrected chi connectivity index (χ1v) is 5.92. The average molecular weight is 219 g/mol. The van der Waals surface area contributed by atoms with Crippen LogP contribution < -0.4 is 0 Å². The number of rotatable bonds is 4. The number of esters is 1. The molecule has 2 rings (SSSR count). The highest BCUT2D eigenvalue weighted by Crippen LogP contribution is 2.40. The van der Waals surface area contributed by atoms with E-state index in [1.165, 1.54) is 0 Å². The molecule has 0 spiro atoms. The molecule has 0 aliphatic heterocycles. The maximum Gasteiger partial charge on any atom is 0.339 e. The Morgan fingerprint density at radius 1 is 1.50 bits per heavy atom. The van der Waals surface area contributed by atoms with Crippen LogP contribution in [0.1, 0.15) is 54.2 Å². The molecule has 0 radical (unpaired) electrons. The second kappa shape index (κ2) is 4.64. The molecule has 1 aliphatic carbocycles. The lowest BCUT2D eigenvalue weighted by atomic mass is 10.1. The van der Waals surface area contributed by atoms with E-state index in [4.69, 9.17) is 4.74 Å². The van der Waals surface area contributed by atoms with E-state index in [1.807, 2.05) is 19.2 Å². The quantitative estimate of drug-likeness (QED) is 0.731. The minimum absolute atomic E-state index is 0.229. The van der Waals surface area contributed by atoms with Gasteiger partial charge >= 0.3 is 5.97 Å². The molecule has 0 saturated heterocycles. The lowest BCUT2D eigenvalue weighted by molar-refractivity contribution is 0.0524. The monoisotopic (exact) mass is 219 g/mol. The number of nitrogens with zero attached hydrogens (tertiary/aromatic N) is 1. The zero-order chi connectivity index (χ0) is 11.5. The minimum Gasteiger partial charge on any atom is -0.462 e. The highest BCUT2D eigenvalue weighted by atomic mass is 16.5. The Bertz CT molecular complexity index is 397. The van der Waals surface area contributed by atoms with E-state index in [9.17, 15) is 4.79 Å². The van der Waals surface area contributed by atoms with Crippen molar-refractivity contribution in [2.24, 2.45) is 0 Å². The zero-order valence-corrected chi connectivity index (χ0v) is 9.82.